The van der Waals surface area contributed by atoms with E-state index >= 15 is 0 Å². The molecule has 0 aromatic carbocycles. The first-order valence-electron chi connectivity index (χ1n) is 6.46. The lowest BCUT2D eigenvalue weighted by molar-refractivity contribution is -0.193. The van der Waals surface area contributed by atoms with Crippen LogP contribution in [0.5, 0.6) is 0 Å². The molecule has 0 atom stereocenters. The van der Waals surface area contributed by atoms with Crippen LogP contribution in [0.15, 0.2) is 16.7 Å². The first-order valence-corrected chi connectivity index (χ1v) is 7.26. The van der Waals surface area contributed by atoms with Crippen LogP contribution in [0.2, 0.25) is 0 Å². The zero-order chi connectivity index (χ0) is 15.5. The second-order valence-corrected chi connectivity index (χ2v) is 6.83. The summed E-state index contributed by atoms with van der Waals surface area (Å²) < 4.78 is 63.9. The fraction of sp³-hybridized carbons (Fsp3) is 0.615. The van der Waals surface area contributed by atoms with Gasteiger partial charge in [-0.05, 0) is 46.3 Å². The second-order valence-electron chi connectivity index (χ2n) is 6.02. The summed E-state index contributed by atoms with van der Waals surface area (Å²) in [6.07, 6.45) is -3.56. The highest BCUT2D eigenvalue weighted by molar-refractivity contribution is 9.10. The van der Waals surface area contributed by atoms with Gasteiger partial charge in [-0.2, -0.15) is 13.2 Å². The van der Waals surface area contributed by atoms with Crippen LogP contribution in [0.25, 0.3) is 0 Å². The Hall–Kier alpha value is -0.920. The largest absolute Gasteiger partial charge is 0.416 e. The van der Waals surface area contributed by atoms with Gasteiger partial charge in [0, 0.05) is 18.9 Å². The number of aromatic nitrogens is 1. The molecule has 2 aliphatic rings. The Kier molecular flexibility index (Phi) is 3.24. The average Bonchev–Trinajstić information content (AvgIpc) is 2.22. The van der Waals surface area contributed by atoms with Crippen LogP contribution in [0.4, 0.5) is 27.8 Å². The van der Waals surface area contributed by atoms with Gasteiger partial charge in [0.25, 0.3) is 0 Å². The van der Waals surface area contributed by atoms with E-state index in [1.54, 1.807) is 0 Å². The summed E-state index contributed by atoms with van der Waals surface area (Å²) in [6, 6.07) is 1.74. The molecular weight excluding hydrogens is 359 g/mol. The minimum Gasteiger partial charge on any atom is -0.367 e. The van der Waals surface area contributed by atoms with Crippen molar-refractivity contribution >= 4 is 21.7 Å². The molecule has 1 aromatic rings. The Morgan fingerprint density at radius 2 is 1.81 bits per heavy atom. The molecule has 2 nitrogen and oxygen atoms in total. The monoisotopic (exact) mass is 370 g/mol. The fourth-order valence-electron chi connectivity index (χ4n) is 3.37. The van der Waals surface area contributed by atoms with Crippen molar-refractivity contribution in [2.45, 2.75) is 43.8 Å². The van der Waals surface area contributed by atoms with E-state index in [1.807, 2.05) is 0 Å². The van der Waals surface area contributed by atoms with Crippen LogP contribution >= 0.6 is 15.9 Å². The molecule has 3 rings (SSSR count). The van der Waals surface area contributed by atoms with Crippen LogP contribution in [0.3, 0.4) is 0 Å². The van der Waals surface area contributed by atoms with E-state index < -0.39 is 17.7 Å². The van der Waals surface area contributed by atoms with Crippen molar-refractivity contribution < 1.29 is 22.0 Å². The highest BCUT2D eigenvalue weighted by atomic mass is 79.9. The van der Waals surface area contributed by atoms with E-state index in [0.717, 1.165) is 12.1 Å². The third kappa shape index (κ3) is 3.00. The van der Waals surface area contributed by atoms with Crippen molar-refractivity contribution in [3.63, 3.8) is 0 Å². The lowest BCUT2D eigenvalue weighted by Crippen LogP contribution is -2.57. The Morgan fingerprint density at radius 3 is 2.33 bits per heavy atom. The van der Waals surface area contributed by atoms with Crippen molar-refractivity contribution in [2.24, 2.45) is 5.41 Å². The molecule has 0 aliphatic heterocycles. The maximum Gasteiger partial charge on any atom is 0.416 e. The summed E-state index contributed by atoms with van der Waals surface area (Å²) in [4.78, 5) is 3.95. The van der Waals surface area contributed by atoms with Crippen molar-refractivity contribution in [2.75, 3.05) is 5.32 Å². The van der Waals surface area contributed by atoms with Gasteiger partial charge in [0.1, 0.15) is 10.4 Å². The second kappa shape index (κ2) is 4.54. The molecule has 8 heteroatoms. The van der Waals surface area contributed by atoms with Crippen molar-refractivity contribution in [1.82, 2.24) is 4.98 Å². The van der Waals surface area contributed by atoms with Crippen LogP contribution in [-0.4, -0.2) is 16.9 Å². The van der Waals surface area contributed by atoms with Gasteiger partial charge in [0.15, 0.2) is 0 Å². The van der Waals surface area contributed by atoms with Gasteiger partial charge in [-0.1, -0.05) is 0 Å². The molecule has 1 heterocycles. The maximum atomic E-state index is 12.9. The van der Waals surface area contributed by atoms with E-state index in [4.69, 9.17) is 0 Å². The molecule has 0 amide bonds. The molecule has 0 saturated heterocycles. The normalized spacial score (nSPS) is 23.5. The summed E-state index contributed by atoms with van der Waals surface area (Å²) in [7, 11) is 0. The van der Waals surface area contributed by atoms with Gasteiger partial charge < -0.3 is 5.32 Å². The number of pyridine rings is 1. The molecule has 0 radical (unpaired) electrons. The molecule has 1 spiro atoms. The Bertz CT molecular complexity index is 556. The van der Waals surface area contributed by atoms with Gasteiger partial charge in [0.2, 0.25) is 5.92 Å². The van der Waals surface area contributed by atoms with Crippen LogP contribution < -0.4 is 5.32 Å². The number of halogens is 6. The summed E-state index contributed by atoms with van der Waals surface area (Å²) in [6.45, 7) is 0. The number of nitrogens with one attached hydrogen (secondary N) is 1. The molecular formula is C13H12BrF5N2. The van der Waals surface area contributed by atoms with E-state index in [2.05, 4.69) is 26.2 Å². The van der Waals surface area contributed by atoms with E-state index in [0.29, 0.717) is 12.8 Å². The summed E-state index contributed by atoms with van der Waals surface area (Å²) >= 11 is 2.95. The first-order chi connectivity index (χ1) is 9.57. The predicted molar refractivity (Wildman–Crippen MR) is 70.2 cm³/mol. The maximum absolute atomic E-state index is 12.9. The SMILES string of the molecule is FC1(F)CC2(CC(Nc3cc(C(F)(F)F)cc(Br)n3)C2)C1. The zero-order valence-electron chi connectivity index (χ0n) is 10.8. The van der Waals surface area contributed by atoms with E-state index in [9.17, 15) is 22.0 Å². The minimum absolute atomic E-state index is 0.0871. The number of rotatable bonds is 2. The third-order valence-electron chi connectivity index (χ3n) is 4.10. The van der Waals surface area contributed by atoms with Crippen LogP contribution in [0.1, 0.15) is 31.2 Å². The number of hydrogen-bond acceptors (Lipinski definition) is 2. The third-order valence-corrected chi connectivity index (χ3v) is 4.51. The summed E-state index contributed by atoms with van der Waals surface area (Å²) in [5, 5.41) is 2.90. The number of anilines is 1. The smallest absolute Gasteiger partial charge is 0.367 e. The highest BCUT2D eigenvalue weighted by Gasteiger charge is 2.61. The average molecular weight is 371 g/mol. The van der Waals surface area contributed by atoms with E-state index in [-0.39, 0.29) is 34.7 Å². The van der Waals surface area contributed by atoms with E-state index in [1.165, 1.54) is 0 Å². The molecule has 116 valence electrons. The molecule has 1 aromatic heterocycles. The standard InChI is InChI=1S/C13H12BrF5N2/c14-9-1-7(13(17,18)19)2-10(21-9)20-8-3-11(4-8)5-12(15,16)6-11/h1-2,8H,3-6H2,(H,20,21). The zero-order valence-corrected chi connectivity index (χ0v) is 12.4. The minimum atomic E-state index is -4.45. The van der Waals surface area contributed by atoms with Crippen LogP contribution in [0, 0.1) is 5.41 Å². The van der Waals surface area contributed by atoms with Gasteiger partial charge in [-0.25, -0.2) is 13.8 Å². The van der Waals surface area contributed by atoms with Crippen molar-refractivity contribution in [3.8, 4) is 0 Å². The quantitative estimate of drug-likeness (QED) is 0.594. The summed E-state index contributed by atoms with van der Waals surface area (Å²) in [5.41, 5.74) is -1.11. The fourth-order valence-corrected chi connectivity index (χ4v) is 3.80. The number of nitrogens with zero attached hydrogens (tertiary/aromatic N) is 1. The van der Waals surface area contributed by atoms with Crippen molar-refractivity contribution in [1.29, 1.82) is 0 Å². The van der Waals surface area contributed by atoms with Crippen molar-refractivity contribution in [3.05, 3.63) is 22.3 Å². The lowest BCUT2D eigenvalue weighted by atomic mass is 9.52. The number of hydrogen-bond donors (Lipinski definition) is 1. The van der Waals surface area contributed by atoms with Gasteiger partial charge in [0.05, 0.1) is 5.56 Å². The molecule has 0 unspecified atom stereocenters. The molecule has 2 aliphatic carbocycles. The first kappa shape index (κ1) is 15.0. The van der Waals surface area contributed by atoms with Gasteiger partial charge >= 0.3 is 6.18 Å². The molecule has 2 fully saturated rings. The Labute approximate surface area is 126 Å². The Morgan fingerprint density at radius 1 is 1.19 bits per heavy atom. The Balaban J connectivity index is 1.64. The lowest BCUT2D eigenvalue weighted by Gasteiger charge is -2.57. The predicted octanol–water partition coefficient (Wildman–Crippen LogP) is 4.85. The number of alkyl halides is 5. The molecule has 1 N–H and O–H groups in total. The van der Waals surface area contributed by atoms with Gasteiger partial charge in [-0.15, -0.1) is 0 Å². The molecule has 21 heavy (non-hydrogen) atoms. The summed E-state index contributed by atoms with van der Waals surface area (Å²) in [5.74, 6) is -2.45. The van der Waals surface area contributed by atoms with Crippen LogP contribution in [-0.2, 0) is 6.18 Å². The molecule has 0 bridgehead atoms. The molecule has 2 saturated carbocycles. The highest BCUT2D eigenvalue weighted by Crippen LogP contribution is 2.62. The topological polar surface area (TPSA) is 24.9 Å². The van der Waals surface area contributed by atoms with Gasteiger partial charge in [-0.3, -0.25) is 0 Å².